The van der Waals surface area contributed by atoms with Crippen LogP contribution in [0.2, 0.25) is 0 Å². The smallest absolute Gasteiger partial charge is 0.337 e. The van der Waals surface area contributed by atoms with Crippen LogP contribution in [0.25, 0.3) is 0 Å². The van der Waals surface area contributed by atoms with Crippen molar-refractivity contribution in [3.63, 3.8) is 0 Å². The summed E-state index contributed by atoms with van der Waals surface area (Å²) in [4.78, 5) is 29.5. The van der Waals surface area contributed by atoms with E-state index in [-0.39, 0.29) is 12.5 Å². The van der Waals surface area contributed by atoms with Crippen LogP contribution in [0.15, 0.2) is 77.3 Å². The number of benzene rings is 3. The molecule has 0 saturated carbocycles. The van der Waals surface area contributed by atoms with Crippen molar-refractivity contribution in [1.29, 1.82) is 0 Å². The average molecular weight is 538 g/mol. The number of rotatable bonds is 8. The number of hydrogen-bond acceptors (Lipinski definition) is 6. The molecule has 0 atom stereocenters. The Hall–Kier alpha value is -3.36. The highest BCUT2D eigenvalue weighted by Gasteiger charge is 2.21. The summed E-state index contributed by atoms with van der Waals surface area (Å²) in [5.41, 5.74) is 3.10. The number of piperazine rings is 1. The molecule has 1 N–H and O–H groups in total. The number of carbonyl (C=O) groups is 2. The average Bonchev–Trinajstić information content (AvgIpc) is 2.89. The molecule has 0 spiro atoms. The van der Waals surface area contributed by atoms with E-state index in [2.05, 4.69) is 55.3 Å². The fraction of sp³-hybridized carbons (Fsp3) is 0.259. The molecule has 8 heteroatoms. The third-order valence-corrected chi connectivity index (χ3v) is 6.37. The summed E-state index contributed by atoms with van der Waals surface area (Å²) in [5, 5.41) is 2.92. The van der Waals surface area contributed by atoms with Gasteiger partial charge in [-0.2, -0.15) is 0 Å². The zero-order chi connectivity index (χ0) is 24.6. The zero-order valence-electron chi connectivity index (χ0n) is 19.6. The maximum atomic E-state index is 12.7. The normalized spacial score (nSPS) is 13.8. The molecular formula is C27H28BrN3O4. The highest BCUT2D eigenvalue weighted by molar-refractivity contribution is 9.10. The van der Waals surface area contributed by atoms with Crippen LogP contribution in [-0.2, 0) is 16.1 Å². The number of halogens is 1. The monoisotopic (exact) mass is 537 g/mol. The molecule has 0 aromatic heterocycles. The van der Waals surface area contributed by atoms with Crippen LogP contribution in [0.3, 0.4) is 0 Å². The van der Waals surface area contributed by atoms with Crippen LogP contribution in [-0.4, -0.2) is 56.7 Å². The second-order valence-corrected chi connectivity index (χ2v) is 9.18. The van der Waals surface area contributed by atoms with E-state index in [1.165, 1.54) is 12.7 Å². The second-order valence-electron chi connectivity index (χ2n) is 8.26. The first-order valence-corrected chi connectivity index (χ1v) is 12.2. The fourth-order valence-electron chi connectivity index (χ4n) is 4.01. The molecule has 182 valence electrons. The third-order valence-electron chi connectivity index (χ3n) is 5.84. The van der Waals surface area contributed by atoms with Crippen molar-refractivity contribution in [3.05, 3.63) is 88.4 Å². The van der Waals surface area contributed by atoms with Crippen LogP contribution in [0, 0.1) is 0 Å². The molecule has 3 aromatic carbocycles. The summed E-state index contributed by atoms with van der Waals surface area (Å²) < 4.78 is 11.4. The minimum Gasteiger partial charge on any atom is -0.484 e. The molecular weight excluding hydrogens is 510 g/mol. The number of amides is 1. The van der Waals surface area contributed by atoms with Gasteiger partial charge in [0.25, 0.3) is 5.91 Å². The van der Waals surface area contributed by atoms with E-state index in [0.717, 1.165) is 42.9 Å². The lowest BCUT2D eigenvalue weighted by molar-refractivity contribution is -0.118. The molecule has 0 radical (unpaired) electrons. The molecule has 3 aromatic rings. The van der Waals surface area contributed by atoms with Crippen molar-refractivity contribution < 1.29 is 19.1 Å². The first kappa shape index (κ1) is 24.8. The summed E-state index contributed by atoms with van der Waals surface area (Å²) in [6.45, 7) is 4.17. The Labute approximate surface area is 213 Å². The molecule has 1 heterocycles. The predicted octanol–water partition coefficient (Wildman–Crippen LogP) is 4.58. The molecule has 35 heavy (non-hydrogen) atoms. The van der Waals surface area contributed by atoms with E-state index >= 15 is 0 Å². The van der Waals surface area contributed by atoms with Gasteiger partial charge in [0.05, 0.1) is 24.0 Å². The van der Waals surface area contributed by atoms with E-state index in [1.807, 2.05) is 24.3 Å². The zero-order valence-corrected chi connectivity index (χ0v) is 21.2. The van der Waals surface area contributed by atoms with Crippen molar-refractivity contribution in [3.8, 4) is 5.75 Å². The van der Waals surface area contributed by atoms with Gasteiger partial charge >= 0.3 is 5.97 Å². The first-order chi connectivity index (χ1) is 17.0. The molecule has 7 nitrogen and oxygen atoms in total. The number of methoxy groups -OCH3 is 1. The van der Waals surface area contributed by atoms with Crippen LogP contribution in [0.5, 0.6) is 5.75 Å². The Bertz CT molecular complexity index is 1150. The first-order valence-electron chi connectivity index (χ1n) is 11.4. The largest absolute Gasteiger partial charge is 0.484 e. The van der Waals surface area contributed by atoms with E-state index in [0.29, 0.717) is 17.0 Å². The van der Waals surface area contributed by atoms with E-state index in [1.54, 1.807) is 24.3 Å². The highest BCUT2D eigenvalue weighted by Crippen LogP contribution is 2.29. The molecule has 1 saturated heterocycles. The van der Waals surface area contributed by atoms with E-state index in [4.69, 9.17) is 9.47 Å². The van der Waals surface area contributed by atoms with Crippen molar-refractivity contribution in [2.24, 2.45) is 0 Å². The molecule has 0 bridgehead atoms. The Kier molecular flexibility index (Phi) is 8.39. The summed E-state index contributed by atoms with van der Waals surface area (Å²) in [6.07, 6.45) is 0. The molecule has 0 aliphatic carbocycles. The van der Waals surface area contributed by atoms with Crippen LogP contribution < -0.4 is 15.0 Å². The van der Waals surface area contributed by atoms with Crippen molar-refractivity contribution in [2.75, 3.05) is 50.1 Å². The number of nitrogens with zero attached hydrogens (tertiary/aromatic N) is 2. The van der Waals surface area contributed by atoms with Gasteiger partial charge in [0.2, 0.25) is 0 Å². The van der Waals surface area contributed by atoms with Gasteiger partial charge in [-0.15, -0.1) is 0 Å². The Morgan fingerprint density at radius 1 is 0.943 bits per heavy atom. The van der Waals surface area contributed by atoms with Crippen molar-refractivity contribution in [1.82, 2.24) is 4.90 Å². The van der Waals surface area contributed by atoms with Crippen LogP contribution >= 0.6 is 15.9 Å². The summed E-state index contributed by atoms with van der Waals surface area (Å²) in [6, 6.07) is 23.0. The number of esters is 1. The summed E-state index contributed by atoms with van der Waals surface area (Å²) in [7, 11) is 1.34. The lowest BCUT2D eigenvalue weighted by Gasteiger charge is -2.37. The van der Waals surface area contributed by atoms with Gasteiger partial charge in [-0.05, 0) is 48.0 Å². The number of nitrogens with one attached hydrogen (secondary N) is 1. The maximum Gasteiger partial charge on any atom is 0.337 e. The van der Waals surface area contributed by atoms with E-state index < -0.39 is 5.97 Å². The molecule has 1 fully saturated rings. The summed E-state index contributed by atoms with van der Waals surface area (Å²) >= 11 is 3.38. The molecule has 4 rings (SSSR count). The lowest BCUT2D eigenvalue weighted by Crippen LogP contribution is -2.46. The third kappa shape index (κ3) is 6.83. The van der Waals surface area contributed by atoms with Gasteiger partial charge in [-0.1, -0.05) is 46.3 Å². The van der Waals surface area contributed by atoms with Crippen LogP contribution in [0.4, 0.5) is 11.4 Å². The highest BCUT2D eigenvalue weighted by atomic mass is 79.9. The maximum absolute atomic E-state index is 12.7. The molecule has 1 aliphatic heterocycles. The standard InChI is InChI=1S/C27H28BrN3O4/c1-34-27(33)21-7-12-25(31-15-13-30(14-16-31)18-20-5-3-2-4-6-20)24(17-21)29-26(32)19-35-23-10-8-22(28)9-11-23/h2-12,17H,13-16,18-19H2,1H3,(H,29,32). The van der Waals surface area contributed by atoms with Gasteiger partial charge in [0.1, 0.15) is 5.75 Å². The number of hydrogen-bond donors (Lipinski definition) is 1. The van der Waals surface area contributed by atoms with Crippen molar-refractivity contribution in [2.45, 2.75) is 6.54 Å². The van der Waals surface area contributed by atoms with Crippen molar-refractivity contribution >= 4 is 39.2 Å². The number of ether oxygens (including phenoxy) is 2. The molecule has 1 aliphatic rings. The minimum atomic E-state index is -0.453. The van der Waals surface area contributed by atoms with Gasteiger partial charge in [0.15, 0.2) is 6.61 Å². The fourth-order valence-corrected chi connectivity index (χ4v) is 4.28. The summed E-state index contributed by atoms with van der Waals surface area (Å²) in [5.74, 6) is -0.161. The van der Waals surface area contributed by atoms with Gasteiger partial charge in [-0.3, -0.25) is 9.69 Å². The molecule has 0 unspecified atom stereocenters. The Balaban J connectivity index is 1.43. The second kappa shape index (κ2) is 11.9. The minimum absolute atomic E-state index is 0.144. The quantitative estimate of drug-likeness (QED) is 0.424. The van der Waals surface area contributed by atoms with Crippen LogP contribution in [0.1, 0.15) is 15.9 Å². The van der Waals surface area contributed by atoms with Gasteiger partial charge < -0.3 is 19.7 Å². The Morgan fingerprint density at radius 3 is 2.34 bits per heavy atom. The number of anilines is 2. The van der Waals surface area contributed by atoms with Gasteiger partial charge in [0, 0.05) is 37.2 Å². The number of carbonyl (C=O) groups excluding carboxylic acids is 2. The topological polar surface area (TPSA) is 71.1 Å². The van der Waals surface area contributed by atoms with E-state index in [9.17, 15) is 9.59 Å². The predicted molar refractivity (Wildman–Crippen MR) is 140 cm³/mol. The van der Waals surface area contributed by atoms with Gasteiger partial charge in [-0.25, -0.2) is 4.79 Å². The Morgan fingerprint density at radius 2 is 1.66 bits per heavy atom. The molecule has 1 amide bonds. The SMILES string of the molecule is COC(=O)c1ccc(N2CCN(Cc3ccccc3)CC2)c(NC(=O)COc2ccc(Br)cc2)c1. The lowest BCUT2D eigenvalue weighted by atomic mass is 10.1.